The molecule has 0 saturated carbocycles. The first kappa shape index (κ1) is 34.1. The van der Waals surface area contributed by atoms with E-state index in [0.29, 0.717) is 6.42 Å². The molecule has 0 bridgehead atoms. The van der Waals surface area contributed by atoms with Crippen LogP contribution in [0.15, 0.2) is 48.5 Å². The fourth-order valence-electron chi connectivity index (χ4n) is 4.75. The lowest BCUT2D eigenvalue weighted by molar-refractivity contribution is -0.277. The number of aryl methyl sites for hydroxylation is 1. The Kier molecular flexibility index (Phi) is 11.1. The first-order chi connectivity index (χ1) is 22.0. The molecule has 46 heavy (non-hydrogen) atoms. The van der Waals surface area contributed by atoms with E-state index < -0.39 is 72.1 Å². The van der Waals surface area contributed by atoms with Gasteiger partial charge in [0.1, 0.15) is 36.6 Å². The van der Waals surface area contributed by atoms with E-state index in [4.69, 9.17) is 28.4 Å². The van der Waals surface area contributed by atoms with Crippen LogP contribution in [0.1, 0.15) is 38.8 Å². The van der Waals surface area contributed by atoms with E-state index in [-0.39, 0.29) is 29.4 Å². The van der Waals surface area contributed by atoms with E-state index in [1.165, 1.54) is 32.4 Å². The number of methoxy groups -OCH3 is 2. The molecule has 1 aliphatic heterocycles. The molecule has 14 heteroatoms. The number of hydrogen-bond acceptors (Lipinski definition) is 13. The zero-order valence-electron chi connectivity index (χ0n) is 25.3. The van der Waals surface area contributed by atoms with Crippen LogP contribution in [0.4, 0.5) is 0 Å². The molecule has 0 radical (unpaired) electrons. The van der Waals surface area contributed by atoms with Gasteiger partial charge < -0.3 is 59.1 Å². The van der Waals surface area contributed by atoms with Crippen molar-refractivity contribution in [2.24, 2.45) is 0 Å². The molecule has 1 heterocycles. The molecule has 1 fully saturated rings. The van der Waals surface area contributed by atoms with Crippen LogP contribution in [0.25, 0.3) is 0 Å². The summed E-state index contributed by atoms with van der Waals surface area (Å²) < 4.78 is 32.4. The minimum Gasteiger partial charge on any atom is -0.504 e. The third-order valence-electron chi connectivity index (χ3n) is 7.37. The molecule has 0 aliphatic carbocycles. The number of carboxylic acid groups (broad SMARTS) is 1. The fraction of sp³-hybridized carbons (Fsp3) is 0.375. The number of carboxylic acids is 1. The maximum absolute atomic E-state index is 13.1. The second-order valence-corrected chi connectivity index (χ2v) is 10.3. The fourth-order valence-corrected chi connectivity index (χ4v) is 4.75. The molecule has 1 aliphatic rings. The van der Waals surface area contributed by atoms with Crippen molar-refractivity contribution >= 4 is 11.9 Å². The van der Waals surface area contributed by atoms with Crippen molar-refractivity contribution in [3.63, 3.8) is 0 Å². The van der Waals surface area contributed by atoms with Crippen LogP contribution in [0.2, 0.25) is 0 Å². The normalized spacial score (nSPS) is 20.9. The van der Waals surface area contributed by atoms with E-state index in [2.05, 4.69) is 0 Å². The van der Waals surface area contributed by atoms with Crippen molar-refractivity contribution in [3.8, 4) is 34.5 Å². The summed E-state index contributed by atoms with van der Waals surface area (Å²) in [5, 5.41) is 62.1. The van der Waals surface area contributed by atoms with Gasteiger partial charge in [-0.3, -0.25) is 0 Å². The Bertz CT molecular complexity index is 1540. The highest BCUT2D eigenvalue weighted by Crippen LogP contribution is 2.46. The number of benzene rings is 3. The molecular weight excluding hydrogens is 608 g/mol. The van der Waals surface area contributed by atoms with Gasteiger partial charge in [-0.25, -0.2) is 9.59 Å². The number of aliphatic hydroxyl groups excluding tert-OH is 3. The highest BCUT2D eigenvalue weighted by atomic mass is 16.7. The third-order valence-corrected chi connectivity index (χ3v) is 7.37. The number of hydrogen-bond donors (Lipinski definition) is 6. The Hall–Kier alpha value is -4.76. The summed E-state index contributed by atoms with van der Waals surface area (Å²) in [6.45, 7) is 1.40. The number of carbonyl (C=O) groups is 2. The molecule has 1 saturated heterocycles. The van der Waals surface area contributed by atoms with Crippen molar-refractivity contribution < 1.29 is 68.6 Å². The number of esters is 1. The largest absolute Gasteiger partial charge is 0.504 e. The molecule has 0 unspecified atom stereocenters. The molecular formula is C32H36O14. The monoisotopic (exact) mass is 644 g/mol. The van der Waals surface area contributed by atoms with E-state index in [9.17, 15) is 40.2 Å². The molecule has 248 valence electrons. The summed E-state index contributed by atoms with van der Waals surface area (Å²) in [4.78, 5) is 24.4. The number of aromatic hydroxyl groups is 2. The van der Waals surface area contributed by atoms with Gasteiger partial charge in [0.25, 0.3) is 0 Å². The summed E-state index contributed by atoms with van der Waals surface area (Å²) in [6.07, 6.45) is -7.03. The molecule has 3 aromatic carbocycles. The third kappa shape index (κ3) is 7.54. The predicted molar refractivity (Wildman–Crippen MR) is 159 cm³/mol. The van der Waals surface area contributed by atoms with Crippen LogP contribution in [0, 0.1) is 0 Å². The summed E-state index contributed by atoms with van der Waals surface area (Å²) in [5.74, 6) is -4.22. The zero-order chi connectivity index (χ0) is 33.5. The summed E-state index contributed by atoms with van der Waals surface area (Å²) >= 11 is 0. The Morgan fingerprint density at radius 3 is 2.24 bits per heavy atom. The van der Waals surface area contributed by atoms with Gasteiger partial charge in [0.2, 0.25) is 17.8 Å². The van der Waals surface area contributed by atoms with Crippen molar-refractivity contribution in [1.29, 1.82) is 0 Å². The lowest BCUT2D eigenvalue weighted by atomic mass is 9.99. The number of rotatable bonds is 13. The topological polar surface area (TPSA) is 211 Å². The number of phenolic OH excluding ortho intramolecular Hbond substituents is 2. The quantitative estimate of drug-likeness (QED) is 0.147. The smallest absolute Gasteiger partial charge is 0.342 e. The first-order valence-electron chi connectivity index (χ1n) is 14.3. The lowest BCUT2D eigenvalue weighted by Gasteiger charge is -2.40. The summed E-state index contributed by atoms with van der Waals surface area (Å²) in [5.41, 5.74) is 1.58. The van der Waals surface area contributed by atoms with Crippen molar-refractivity contribution in [3.05, 3.63) is 70.8 Å². The molecule has 4 rings (SSSR count). The molecule has 5 atom stereocenters. The number of carbonyl (C=O) groups excluding carboxylic acids is 1. The average molecular weight is 645 g/mol. The van der Waals surface area contributed by atoms with E-state index >= 15 is 0 Å². The highest BCUT2D eigenvalue weighted by molar-refractivity contribution is 5.95. The van der Waals surface area contributed by atoms with E-state index in [1.54, 1.807) is 0 Å². The minimum absolute atomic E-state index is 0.0106. The van der Waals surface area contributed by atoms with Crippen LogP contribution in [0.3, 0.4) is 0 Å². The Morgan fingerprint density at radius 2 is 1.57 bits per heavy atom. The first-order valence-corrected chi connectivity index (χ1v) is 14.3. The van der Waals surface area contributed by atoms with Gasteiger partial charge in [-0.1, -0.05) is 31.2 Å². The van der Waals surface area contributed by atoms with Crippen LogP contribution in [0.5, 0.6) is 34.5 Å². The van der Waals surface area contributed by atoms with Gasteiger partial charge in [-0.2, -0.15) is 0 Å². The molecule has 0 spiro atoms. The number of phenols is 2. The van der Waals surface area contributed by atoms with Gasteiger partial charge in [-0.05, 0) is 35.7 Å². The highest BCUT2D eigenvalue weighted by Gasteiger charge is 2.46. The molecule has 3 aromatic rings. The van der Waals surface area contributed by atoms with Crippen LogP contribution in [-0.2, 0) is 22.3 Å². The second-order valence-electron chi connectivity index (χ2n) is 10.3. The Labute approximate surface area is 263 Å². The van der Waals surface area contributed by atoms with Crippen molar-refractivity contribution in [2.75, 3.05) is 27.4 Å². The number of aliphatic hydroxyl groups is 3. The van der Waals surface area contributed by atoms with Gasteiger partial charge >= 0.3 is 11.9 Å². The van der Waals surface area contributed by atoms with Crippen LogP contribution in [-0.4, -0.2) is 101 Å². The van der Waals surface area contributed by atoms with Gasteiger partial charge in [-0.15, -0.1) is 0 Å². The second kappa shape index (κ2) is 15.0. The number of ether oxygens (including phenoxy) is 6. The average Bonchev–Trinajstić information content (AvgIpc) is 3.05. The Balaban J connectivity index is 1.46. The standard InChI is InChI=1S/C32H36O14/c1-4-16-6-5-7-17(12-16)10-11-43-29-24(33)19(14-22(42-3)26(29)35)31(40)44-15-23-25(34)27(36)28(37)32(46-23)45-20-9-8-18(30(38)39)13-21(20)41-2/h5-9,12-14,23,25,27-28,32-37H,4,10-11,15H2,1-3H3,(H,38,39)/t23-,25-,27+,28-,32-/m1/s1. The maximum Gasteiger partial charge on any atom is 0.342 e. The van der Waals surface area contributed by atoms with Crippen molar-refractivity contribution in [1.82, 2.24) is 0 Å². The predicted octanol–water partition coefficient (Wildman–Crippen LogP) is 2.04. The molecule has 6 N–H and O–H groups in total. The van der Waals surface area contributed by atoms with E-state index in [1.807, 2.05) is 31.2 Å². The number of aromatic carboxylic acids is 1. The summed E-state index contributed by atoms with van der Waals surface area (Å²) in [7, 11) is 2.51. The SMILES string of the molecule is CCc1cccc(CCOc2c(O)c(OC)cc(C(=O)OC[C@H]3O[C@@H](Oc4ccc(C(=O)O)cc4OC)[C@H](O)[C@@H](O)[C@@H]3O)c2O)c1. The molecule has 0 aromatic heterocycles. The van der Waals surface area contributed by atoms with Gasteiger partial charge in [0.15, 0.2) is 23.0 Å². The van der Waals surface area contributed by atoms with Crippen LogP contribution < -0.4 is 18.9 Å². The zero-order valence-corrected chi connectivity index (χ0v) is 25.3. The molecule has 0 amide bonds. The van der Waals surface area contributed by atoms with Gasteiger partial charge in [0, 0.05) is 12.5 Å². The Morgan fingerprint density at radius 1 is 0.848 bits per heavy atom. The summed E-state index contributed by atoms with van der Waals surface area (Å²) in [6, 6.07) is 12.5. The lowest BCUT2D eigenvalue weighted by Crippen LogP contribution is -2.60. The minimum atomic E-state index is -1.80. The maximum atomic E-state index is 13.1. The van der Waals surface area contributed by atoms with Crippen LogP contribution >= 0.6 is 0 Å². The van der Waals surface area contributed by atoms with Crippen molar-refractivity contribution in [2.45, 2.75) is 50.5 Å². The molecule has 14 nitrogen and oxygen atoms in total. The van der Waals surface area contributed by atoms with Gasteiger partial charge in [0.05, 0.1) is 26.4 Å². The van der Waals surface area contributed by atoms with E-state index in [0.717, 1.165) is 23.6 Å².